The summed E-state index contributed by atoms with van der Waals surface area (Å²) in [7, 11) is 0. The van der Waals surface area contributed by atoms with Gasteiger partial charge in [-0.25, -0.2) is 0 Å². The molecule has 2 fully saturated rings. The molecular formula is C21H33N3O. The molecule has 2 aliphatic rings. The van der Waals surface area contributed by atoms with Crippen LogP contribution in [0.25, 0.3) is 0 Å². The Morgan fingerprint density at radius 3 is 2.12 bits per heavy atom. The van der Waals surface area contributed by atoms with Gasteiger partial charge in [0.1, 0.15) is 0 Å². The lowest BCUT2D eigenvalue weighted by Crippen LogP contribution is -2.38. The van der Waals surface area contributed by atoms with Gasteiger partial charge in [-0.2, -0.15) is 0 Å². The van der Waals surface area contributed by atoms with Gasteiger partial charge in [0.2, 0.25) is 5.91 Å². The second kappa shape index (κ2) is 8.59. The van der Waals surface area contributed by atoms with Crippen LogP contribution in [0.5, 0.6) is 0 Å². The molecule has 0 bridgehead atoms. The van der Waals surface area contributed by atoms with Gasteiger partial charge < -0.3 is 15.1 Å². The number of rotatable bonds is 5. The highest BCUT2D eigenvalue weighted by molar-refractivity contribution is 5.76. The zero-order chi connectivity index (χ0) is 17.6. The van der Waals surface area contributed by atoms with Crippen LogP contribution in [0.2, 0.25) is 0 Å². The van der Waals surface area contributed by atoms with Gasteiger partial charge in [0.05, 0.1) is 0 Å². The average Bonchev–Trinajstić information content (AvgIpc) is 2.63. The van der Waals surface area contributed by atoms with Crippen molar-refractivity contribution in [3.8, 4) is 0 Å². The van der Waals surface area contributed by atoms with Crippen molar-refractivity contribution >= 4 is 17.3 Å². The molecule has 0 atom stereocenters. The monoisotopic (exact) mass is 343 g/mol. The first kappa shape index (κ1) is 18.1. The normalized spacial score (nSPS) is 19.9. The van der Waals surface area contributed by atoms with Gasteiger partial charge in [0.25, 0.3) is 0 Å². The maximum Gasteiger partial charge on any atom is 0.224 e. The minimum atomic E-state index is 0.290. The first-order valence-corrected chi connectivity index (χ1v) is 9.98. The summed E-state index contributed by atoms with van der Waals surface area (Å²) in [6.07, 6.45) is 5.46. The lowest BCUT2D eigenvalue weighted by molar-refractivity contribution is -0.132. The number of amides is 1. The van der Waals surface area contributed by atoms with Crippen LogP contribution in [0.3, 0.4) is 0 Å². The molecule has 1 N–H and O–H groups in total. The van der Waals surface area contributed by atoms with Gasteiger partial charge in [-0.15, -0.1) is 0 Å². The Morgan fingerprint density at radius 1 is 0.960 bits per heavy atom. The molecule has 0 aromatic heterocycles. The van der Waals surface area contributed by atoms with Gasteiger partial charge in [0.15, 0.2) is 0 Å². The third-order valence-electron chi connectivity index (χ3n) is 5.82. The second-order valence-corrected chi connectivity index (χ2v) is 7.96. The Bertz CT molecular complexity index is 541. The molecule has 0 spiro atoms. The van der Waals surface area contributed by atoms with E-state index < -0.39 is 0 Å². The van der Waals surface area contributed by atoms with E-state index >= 15 is 0 Å². The van der Waals surface area contributed by atoms with Crippen molar-refractivity contribution in [2.24, 2.45) is 11.8 Å². The lowest BCUT2D eigenvalue weighted by atomic mass is 9.99. The molecular weight excluding hydrogens is 310 g/mol. The van der Waals surface area contributed by atoms with E-state index in [1.807, 2.05) is 4.90 Å². The molecule has 138 valence electrons. The summed E-state index contributed by atoms with van der Waals surface area (Å²) >= 11 is 0. The standard InChI is InChI=1S/C21H33N3O/c1-17-8-13-23(14-9-17)20-5-3-19(4-6-20)22-12-7-21(25)24-15-10-18(2)11-16-24/h3-6,17-18,22H,7-16H2,1-2H3. The lowest BCUT2D eigenvalue weighted by Gasteiger charge is -2.32. The van der Waals surface area contributed by atoms with E-state index in [1.165, 1.54) is 18.5 Å². The maximum atomic E-state index is 12.3. The van der Waals surface area contributed by atoms with E-state index in [-0.39, 0.29) is 0 Å². The summed E-state index contributed by atoms with van der Waals surface area (Å²) < 4.78 is 0. The second-order valence-electron chi connectivity index (χ2n) is 7.96. The smallest absolute Gasteiger partial charge is 0.224 e. The van der Waals surface area contributed by atoms with Crippen LogP contribution < -0.4 is 10.2 Å². The molecule has 1 amide bonds. The average molecular weight is 344 g/mol. The number of piperidine rings is 2. The van der Waals surface area contributed by atoms with Gasteiger partial charge in [-0.1, -0.05) is 13.8 Å². The number of carbonyl (C=O) groups excluding carboxylic acids is 1. The third kappa shape index (κ3) is 5.13. The highest BCUT2D eigenvalue weighted by Crippen LogP contribution is 2.24. The van der Waals surface area contributed by atoms with Crippen LogP contribution in [0.4, 0.5) is 11.4 Å². The van der Waals surface area contributed by atoms with Crippen LogP contribution in [0.1, 0.15) is 46.0 Å². The van der Waals surface area contributed by atoms with Crippen LogP contribution in [0.15, 0.2) is 24.3 Å². The Morgan fingerprint density at radius 2 is 1.52 bits per heavy atom. The van der Waals surface area contributed by atoms with Gasteiger partial charge >= 0.3 is 0 Å². The van der Waals surface area contributed by atoms with Crippen molar-refractivity contribution < 1.29 is 4.79 Å². The maximum absolute atomic E-state index is 12.3. The Balaban J connectivity index is 1.40. The number of anilines is 2. The summed E-state index contributed by atoms with van der Waals surface area (Å²) in [4.78, 5) is 16.8. The number of nitrogens with zero attached hydrogens (tertiary/aromatic N) is 2. The molecule has 3 rings (SSSR count). The molecule has 0 aliphatic carbocycles. The first-order chi connectivity index (χ1) is 12.1. The van der Waals surface area contributed by atoms with E-state index in [2.05, 4.69) is 48.3 Å². The fraction of sp³-hybridized carbons (Fsp3) is 0.667. The predicted molar refractivity (Wildman–Crippen MR) is 105 cm³/mol. The summed E-state index contributed by atoms with van der Waals surface area (Å²) in [5, 5.41) is 3.39. The summed E-state index contributed by atoms with van der Waals surface area (Å²) in [5.41, 5.74) is 2.42. The van der Waals surface area contributed by atoms with E-state index in [1.54, 1.807) is 0 Å². The molecule has 1 aromatic carbocycles. The number of nitrogens with one attached hydrogen (secondary N) is 1. The molecule has 25 heavy (non-hydrogen) atoms. The Kier molecular flexibility index (Phi) is 6.22. The zero-order valence-corrected chi connectivity index (χ0v) is 15.8. The Labute approximate surface area is 152 Å². The van der Waals surface area contributed by atoms with Gasteiger partial charge in [-0.3, -0.25) is 4.79 Å². The molecule has 1 aromatic rings. The van der Waals surface area contributed by atoms with E-state index in [0.717, 1.165) is 56.5 Å². The van der Waals surface area contributed by atoms with Crippen molar-refractivity contribution in [2.45, 2.75) is 46.0 Å². The molecule has 0 radical (unpaired) electrons. The van der Waals surface area contributed by atoms with Gasteiger partial charge in [0, 0.05) is 50.5 Å². The van der Waals surface area contributed by atoms with Gasteiger partial charge in [-0.05, 0) is 61.8 Å². The fourth-order valence-electron chi connectivity index (χ4n) is 3.79. The van der Waals surface area contributed by atoms with Crippen molar-refractivity contribution in [3.63, 3.8) is 0 Å². The minimum Gasteiger partial charge on any atom is -0.385 e. The zero-order valence-electron chi connectivity index (χ0n) is 15.8. The van der Waals surface area contributed by atoms with Crippen molar-refractivity contribution in [2.75, 3.05) is 42.9 Å². The number of carbonyl (C=O) groups is 1. The molecule has 0 saturated carbocycles. The predicted octanol–water partition coefficient (Wildman–Crippen LogP) is 3.98. The molecule has 0 unspecified atom stereocenters. The fourth-order valence-corrected chi connectivity index (χ4v) is 3.79. The molecule has 4 nitrogen and oxygen atoms in total. The van der Waals surface area contributed by atoms with E-state index in [9.17, 15) is 4.79 Å². The summed E-state index contributed by atoms with van der Waals surface area (Å²) in [6, 6.07) is 8.68. The highest BCUT2D eigenvalue weighted by Gasteiger charge is 2.19. The van der Waals surface area contributed by atoms with Crippen molar-refractivity contribution in [3.05, 3.63) is 24.3 Å². The number of hydrogen-bond acceptors (Lipinski definition) is 3. The molecule has 4 heteroatoms. The van der Waals surface area contributed by atoms with Crippen molar-refractivity contribution in [1.82, 2.24) is 4.90 Å². The van der Waals surface area contributed by atoms with Crippen LogP contribution in [-0.4, -0.2) is 43.5 Å². The van der Waals surface area contributed by atoms with Crippen LogP contribution >= 0.6 is 0 Å². The van der Waals surface area contributed by atoms with E-state index in [0.29, 0.717) is 18.9 Å². The SMILES string of the molecule is CC1CCN(C(=O)CCNc2ccc(N3CCC(C)CC3)cc2)CC1. The highest BCUT2D eigenvalue weighted by atomic mass is 16.2. The van der Waals surface area contributed by atoms with Crippen LogP contribution in [-0.2, 0) is 4.79 Å². The molecule has 2 heterocycles. The number of benzene rings is 1. The quantitative estimate of drug-likeness (QED) is 0.878. The summed E-state index contributed by atoms with van der Waals surface area (Å²) in [6.45, 7) is 9.53. The molecule has 2 aliphatic heterocycles. The molecule has 2 saturated heterocycles. The van der Waals surface area contributed by atoms with Crippen molar-refractivity contribution in [1.29, 1.82) is 0 Å². The summed E-state index contributed by atoms with van der Waals surface area (Å²) in [5.74, 6) is 1.92. The topological polar surface area (TPSA) is 35.6 Å². The first-order valence-electron chi connectivity index (χ1n) is 9.98. The van der Waals surface area contributed by atoms with Crippen LogP contribution in [0, 0.1) is 11.8 Å². The Hall–Kier alpha value is -1.71. The number of hydrogen-bond donors (Lipinski definition) is 1. The van der Waals surface area contributed by atoms with E-state index in [4.69, 9.17) is 0 Å². The number of likely N-dealkylation sites (tertiary alicyclic amines) is 1. The minimum absolute atomic E-state index is 0.290. The largest absolute Gasteiger partial charge is 0.385 e. The third-order valence-corrected chi connectivity index (χ3v) is 5.82.